The molecule has 0 saturated carbocycles. The van der Waals surface area contributed by atoms with Crippen molar-refractivity contribution in [2.45, 2.75) is 32.3 Å². The molecule has 0 bridgehead atoms. The van der Waals surface area contributed by atoms with Crippen LogP contribution in [0.2, 0.25) is 0 Å². The van der Waals surface area contributed by atoms with Gasteiger partial charge >= 0.3 is 0 Å². The van der Waals surface area contributed by atoms with Crippen LogP contribution in [-0.4, -0.2) is 29.3 Å². The van der Waals surface area contributed by atoms with E-state index in [9.17, 15) is 10.4 Å². The van der Waals surface area contributed by atoms with Crippen molar-refractivity contribution in [2.24, 2.45) is 0 Å². The second kappa shape index (κ2) is 5.71. The number of hydrogen-bond acceptors (Lipinski definition) is 4. The maximum atomic E-state index is 9.94. The summed E-state index contributed by atoms with van der Waals surface area (Å²) in [4.78, 5) is 6.62. The zero-order chi connectivity index (χ0) is 14.8. The van der Waals surface area contributed by atoms with Crippen LogP contribution in [0.3, 0.4) is 0 Å². The summed E-state index contributed by atoms with van der Waals surface area (Å²) in [6.45, 7) is 3.57. The number of aliphatic hydroxyl groups is 1. The SMILES string of the molecule is CCc1cccc2c(N3CCCC(O)C3)c(C#N)cnc12. The fraction of sp³-hybridized carbons (Fsp3) is 0.412. The fourth-order valence-corrected chi connectivity index (χ4v) is 3.14. The number of β-amino-alcohol motifs (C(OH)–C–C–N with tert-alkyl or cyclic N) is 1. The minimum atomic E-state index is -0.317. The summed E-state index contributed by atoms with van der Waals surface area (Å²) in [5.41, 5.74) is 3.67. The number of nitrogens with zero attached hydrogens (tertiary/aromatic N) is 3. The standard InChI is InChI=1S/C17H19N3O/c1-2-12-5-3-7-15-16(12)19-10-13(9-18)17(15)20-8-4-6-14(21)11-20/h3,5,7,10,14,21H,2,4,6,8,11H2,1H3. The lowest BCUT2D eigenvalue weighted by molar-refractivity contribution is 0.154. The first-order chi connectivity index (χ1) is 10.2. The van der Waals surface area contributed by atoms with Crippen molar-refractivity contribution in [2.75, 3.05) is 18.0 Å². The van der Waals surface area contributed by atoms with Crippen LogP contribution in [-0.2, 0) is 6.42 Å². The summed E-state index contributed by atoms with van der Waals surface area (Å²) in [7, 11) is 0. The van der Waals surface area contributed by atoms with Gasteiger partial charge in [0.05, 0.1) is 22.9 Å². The molecule has 1 aromatic heterocycles. The van der Waals surface area contributed by atoms with Crippen LogP contribution in [0.5, 0.6) is 0 Å². The molecule has 21 heavy (non-hydrogen) atoms. The second-order valence-electron chi connectivity index (χ2n) is 5.54. The van der Waals surface area contributed by atoms with Crippen molar-refractivity contribution in [3.63, 3.8) is 0 Å². The number of fused-ring (bicyclic) bond motifs is 1. The van der Waals surface area contributed by atoms with Crippen LogP contribution in [0.4, 0.5) is 5.69 Å². The summed E-state index contributed by atoms with van der Waals surface area (Å²) in [5.74, 6) is 0. The molecule has 1 aliphatic rings. The van der Waals surface area contributed by atoms with E-state index in [4.69, 9.17) is 0 Å². The molecule has 2 aromatic rings. The Hall–Kier alpha value is -2.12. The number of nitriles is 1. The molecule has 0 aliphatic carbocycles. The van der Waals surface area contributed by atoms with E-state index in [1.54, 1.807) is 6.20 Å². The van der Waals surface area contributed by atoms with Gasteiger partial charge in [0.25, 0.3) is 0 Å². The van der Waals surface area contributed by atoms with Crippen LogP contribution >= 0.6 is 0 Å². The molecule has 1 saturated heterocycles. The highest BCUT2D eigenvalue weighted by molar-refractivity contribution is 5.96. The third-order valence-electron chi connectivity index (χ3n) is 4.17. The predicted molar refractivity (Wildman–Crippen MR) is 83.3 cm³/mol. The zero-order valence-corrected chi connectivity index (χ0v) is 12.2. The Morgan fingerprint density at radius 1 is 1.48 bits per heavy atom. The van der Waals surface area contributed by atoms with Gasteiger partial charge in [-0.2, -0.15) is 5.26 Å². The Labute approximate surface area is 124 Å². The molecule has 1 unspecified atom stereocenters. The van der Waals surface area contributed by atoms with Crippen molar-refractivity contribution in [3.05, 3.63) is 35.5 Å². The summed E-state index contributed by atoms with van der Waals surface area (Å²) < 4.78 is 0. The highest BCUT2D eigenvalue weighted by Gasteiger charge is 2.22. The number of piperidine rings is 1. The van der Waals surface area contributed by atoms with E-state index in [2.05, 4.69) is 28.9 Å². The van der Waals surface area contributed by atoms with Gasteiger partial charge in [0.1, 0.15) is 6.07 Å². The Kier molecular flexibility index (Phi) is 3.76. The third-order valence-corrected chi connectivity index (χ3v) is 4.17. The van der Waals surface area contributed by atoms with Crippen LogP contribution < -0.4 is 4.90 Å². The first kappa shape index (κ1) is 13.8. The number of para-hydroxylation sites is 1. The van der Waals surface area contributed by atoms with E-state index < -0.39 is 0 Å². The molecular weight excluding hydrogens is 262 g/mol. The molecule has 0 amide bonds. The van der Waals surface area contributed by atoms with E-state index in [0.717, 1.165) is 42.4 Å². The molecule has 2 heterocycles. The van der Waals surface area contributed by atoms with Gasteiger partial charge in [0, 0.05) is 24.7 Å². The lowest BCUT2D eigenvalue weighted by Gasteiger charge is -2.33. The molecule has 0 spiro atoms. The first-order valence-electron chi connectivity index (χ1n) is 7.48. The molecule has 4 nitrogen and oxygen atoms in total. The van der Waals surface area contributed by atoms with Gasteiger partial charge in [-0.25, -0.2) is 0 Å². The molecule has 1 fully saturated rings. The minimum absolute atomic E-state index is 0.317. The molecular formula is C17H19N3O. The number of pyridine rings is 1. The van der Waals surface area contributed by atoms with Crippen LogP contribution in [0.25, 0.3) is 10.9 Å². The summed E-state index contributed by atoms with van der Waals surface area (Å²) in [6.07, 6.45) is 4.05. The van der Waals surface area contributed by atoms with Gasteiger partial charge < -0.3 is 10.0 Å². The van der Waals surface area contributed by atoms with Crippen LogP contribution in [0, 0.1) is 11.3 Å². The normalized spacial score (nSPS) is 18.7. The van der Waals surface area contributed by atoms with Crippen molar-refractivity contribution in [3.8, 4) is 6.07 Å². The van der Waals surface area contributed by atoms with Crippen molar-refractivity contribution in [1.29, 1.82) is 5.26 Å². The third kappa shape index (κ3) is 2.45. The summed E-state index contributed by atoms with van der Waals surface area (Å²) >= 11 is 0. The van der Waals surface area contributed by atoms with Crippen molar-refractivity contribution in [1.82, 2.24) is 4.98 Å². The van der Waals surface area contributed by atoms with Crippen LogP contribution in [0.1, 0.15) is 30.9 Å². The molecule has 108 valence electrons. The Balaban J connectivity index is 2.21. The maximum absolute atomic E-state index is 9.94. The highest BCUT2D eigenvalue weighted by Crippen LogP contribution is 2.32. The number of hydrogen-bond donors (Lipinski definition) is 1. The maximum Gasteiger partial charge on any atom is 0.103 e. The molecule has 0 radical (unpaired) electrons. The van der Waals surface area contributed by atoms with Crippen LogP contribution in [0.15, 0.2) is 24.4 Å². The van der Waals surface area contributed by atoms with E-state index >= 15 is 0 Å². The van der Waals surface area contributed by atoms with Gasteiger partial charge in [0.15, 0.2) is 0 Å². The Bertz CT molecular complexity index is 705. The topological polar surface area (TPSA) is 60.1 Å². The zero-order valence-electron chi connectivity index (χ0n) is 12.2. The fourth-order valence-electron chi connectivity index (χ4n) is 3.14. The smallest absolute Gasteiger partial charge is 0.103 e. The van der Waals surface area contributed by atoms with Gasteiger partial charge in [-0.05, 0) is 24.8 Å². The van der Waals surface area contributed by atoms with Crippen molar-refractivity contribution < 1.29 is 5.11 Å². The van der Waals surface area contributed by atoms with Crippen molar-refractivity contribution >= 4 is 16.6 Å². The van der Waals surface area contributed by atoms with Gasteiger partial charge in [-0.15, -0.1) is 0 Å². The summed E-state index contributed by atoms with van der Waals surface area (Å²) in [5, 5.41) is 20.4. The van der Waals surface area contributed by atoms with E-state index in [1.807, 2.05) is 12.1 Å². The van der Waals surface area contributed by atoms with E-state index in [1.165, 1.54) is 5.56 Å². The largest absolute Gasteiger partial charge is 0.391 e. The Morgan fingerprint density at radius 2 is 2.33 bits per heavy atom. The number of rotatable bonds is 2. The van der Waals surface area contributed by atoms with E-state index in [0.29, 0.717) is 12.1 Å². The summed E-state index contributed by atoms with van der Waals surface area (Å²) in [6, 6.07) is 8.38. The molecule has 1 atom stereocenters. The molecule has 1 aromatic carbocycles. The molecule has 4 heteroatoms. The minimum Gasteiger partial charge on any atom is -0.391 e. The first-order valence-corrected chi connectivity index (χ1v) is 7.48. The lowest BCUT2D eigenvalue weighted by Crippen LogP contribution is -2.38. The Morgan fingerprint density at radius 3 is 3.05 bits per heavy atom. The molecule has 1 aliphatic heterocycles. The molecule has 1 N–H and O–H groups in total. The predicted octanol–water partition coefficient (Wildman–Crippen LogP) is 2.63. The lowest BCUT2D eigenvalue weighted by atomic mass is 10.0. The highest BCUT2D eigenvalue weighted by atomic mass is 16.3. The monoisotopic (exact) mass is 281 g/mol. The number of anilines is 1. The van der Waals surface area contributed by atoms with Gasteiger partial charge in [-0.3, -0.25) is 4.98 Å². The number of aryl methyl sites for hydroxylation is 1. The number of aromatic nitrogens is 1. The number of benzene rings is 1. The van der Waals surface area contributed by atoms with Gasteiger partial charge in [-0.1, -0.05) is 25.1 Å². The average Bonchev–Trinajstić information content (AvgIpc) is 2.53. The molecule has 3 rings (SSSR count). The average molecular weight is 281 g/mol. The number of aliphatic hydroxyl groups excluding tert-OH is 1. The van der Waals surface area contributed by atoms with Gasteiger partial charge in [0.2, 0.25) is 0 Å². The van der Waals surface area contributed by atoms with E-state index in [-0.39, 0.29) is 6.10 Å². The second-order valence-corrected chi connectivity index (χ2v) is 5.54. The quantitative estimate of drug-likeness (QED) is 0.919.